The number of aliphatic imine (C=N–C) groups is 1. The van der Waals surface area contributed by atoms with Crippen LogP contribution in [-0.2, 0) is 11.3 Å². The number of carboxylic acid groups (broad SMARTS) is 1. The van der Waals surface area contributed by atoms with Gasteiger partial charge in [-0.3, -0.25) is 14.4 Å². The quantitative estimate of drug-likeness (QED) is 0.336. The molecule has 3 heterocycles. The molecule has 0 saturated carbocycles. The van der Waals surface area contributed by atoms with Gasteiger partial charge < -0.3 is 15.7 Å². The van der Waals surface area contributed by atoms with Crippen LogP contribution in [0, 0.1) is 20.8 Å². The van der Waals surface area contributed by atoms with E-state index in [9.17, 15) is 14.7 Å². The summed E-state index contributed by atoms with van der Waals surface area (Å²) in [5.41, 5.74) is 5.20. The summed E-state index contributed by atoms with van der Waals surface area (Å²) in [5.74, 6) is 0.246. The topological polar surface area (TPSA) is 122 Å². The molecule has 4 aromatic rings. The van der Waals surface area contributed by atoms with Crippen molar-refractivity contribution < 1.29 is 14.7 Å². The predicted molar refractivity (Wildman–Crippen MR) is 143 cm³/mol. The van der Waals surface area contributed by atoms with Gasteiger partial charge in [0, 0.05) is 28.2 Å². The minimum atomic E-state index is -0.959. The van der Waals surface area contributed by atoms with E-state index in [0.29, 0.717) is 29.6 Å². The van der Waals surface area contributed by atoms with Crippen LogP contribution < -0.4 is 10.6 Å². The number of aromatic nitrogens is 3. The molecule has 3 N–H and O–H groups in total. The van der Waals surface area contributed by atoms with E-state index in [1.807, 2.05) is 73.0 Å². The molecule has 0 unspecified atom stereocenters. The highest BCUT2D eigenvalue weighted by molar-refractivity contribution is 7.15. The van der Waals surface area contributed by atoms with Gasteiger partial charge in [-0.25, -0.2) is 4.79 Å². The molecule has 0 spiro atoms. The third kappa shape index (κ3) is 4.88. The summed E-state index contributed by atoms with van der Waals surface area (Å²) in [6, 6.07) is 16.1. The number of hydrogen-bond acceptors (Lipinski definition) is 6. The van der Waals surface area contributed by atoms with Crippen LogP contribution in [0.4, 0.5) is 10.5 Å². The largest absolute Gasteiger partial charge is 0.481 e. The molecule has 1 aliphatic heterocycles. The van der Waals surface area contributed by atoms with Gasteiger partial charge in [0.2, 0.25) is 0 Å². The average Bonchev–Trinajstić information content (AvgIpc) is 3.36. The molecule has 0 radical (unpaired) electrons. The minimum absolute atomic E-state index is 0.199. The Labute approximate surface area is 217 Å². The second-order valence-electron chi connectivity index (χ2n) is 8.87. The summed E-state index contributed by atoms with van der Waals surface area (Å²) < 4.78 is 1.93. The molecule has 1 atom stereocenters. The first kappa shape index (κ1) is 24.4. The van der Waals surface area contributed by atoms with E-state index in [4.69, 9.17) is 4.99 Å². The van der Waals surface area contributed by atoms with Gasteiger partial charge in [0.25, 0.3) is 0 Å². The number of carboxylic acids is 1. The van der Waals surface area contributed by atoms with E-state index >= 15 is 0 Å². The summed E-state index contributed by atoms with van der Waals surface area (Å²) >= 11 is 1.62. The molecule has 0 aliphatic carbocycles. The Hall–Kier alpha value is -4.31. The van der Waals surface area contributed by atoms with Gasteiger partial charge in [0.05, 0.1) is 12.1 Å². The third-order valence-electron chi connectivity index (χ3n) is 6.32. The Kier molecular flexibility index (Phi) is 6.58. The number of carbonyl (C=O) groups is 2. The van der Waals surface area contributed by atoms with Crippen molar-refractivity contribution in [1.29, 1.82) is 0 Å². The Balaban J connectivity index is 1.45. The van der Waals surface area contributed by atoms with Gasteiger partial charge in [-0.15, -0.1) is 21.5 Å². The number of aryl methyl sites for hydroxylation is 2. The van der Waals surface area contributed by atoms with Crippen LogP contribution in [-0.4, -0.2) is 37.6 Å². The van der Waals surface area contributed by atoms with E-state index in [0.717, 1.165) is 32.1 Å². The normalized spacial score (nSPS) is 14.2. The van der Waals surface area contributed by atoms with Crippen LogP contribution >= 0.6 is 11.3 Å². The lowest BCUT2D eigenvalue weighted by atomic mass is 9.99. The van der Waals surface area contributed by atoms with Gasteiger partial charge in [0.15, 0.2) is 5.82 Å². The van der Waals surface area contributed by atoms with Crippen molar-refractivity contribution in [3.8, 4) is 5.00 Å². The van der Waals surface area contributed by atoms with Crippen LogP contribution in [0.25, 0.3) is 5.00 Å². The SMILES string of the molecule is Cc1sc2c(c1C)C(c1ccc(NC(=O)NCc3ccccc3)cc1)=N[C@@H](CC(=O)O)c1nnc(C)n1-2. The number of nitrogens with one attached hydrogen (secondary N) is 2. The summed E-state index contributed by atoms with van der Waals surface area (Å²) in [5, 5.41) is 24.7. The fourth-order valence-corrected chi connectivity index (χ4v) is 5.57. The Morgan fingerprint density at radius 3 is 2.46 bits per heavy atom. The number of rotatable bonds is 6. The molecule has 2 amide bonds. The van der Waals surface area contributed by atoms with Crippen molar-refractivity contribution in [3.05, 3.63) is 93.4 Å². The Bertz CT molecular complexity index is 1510. The van der Waals surface area contributed by atoms with E-state index in [1.165, 1.54) is 0 Å². The van der Waals surface area contributed by atoms with Crippen LogP contribution in [0.5, 0.6) is 0 Å². The van der Waals surface area contributed by atoms with Crippen molar-refractivity contribution in [2.45, 2.75) is 39.8 Å². The maximum atomic E-state index is 12.4. The molecule has 0 bridgehead atoms. The maximum Gasteiger partial charge on any atom is 0.319 e. The first-order valence-electron chi connectivity index (χ1n) is 11.8. The second kappa shape index (κ2) is 9.98. The Morgan fingerprint density at radius 1 is 1.03 bits per heavy atom. The molecule has 9 nitrogen and oxygen atoms in total. The van der Waals surface area contributed by atoms with E-state index < -0.39 is 12.0 Å². The predicted octanol–water partition coefficient (Wildman–Crippen LogP) is 4.94. The van der Waals surface area contributed by atoms with Gasteiger partial charge in [-0.1, -0.05) is 42.5 Å². The lowest BCUT2D eigenvalue weighted by molar-refractivity contribution is -0.137. The second-order valence-corrected chi connectivity index (χ2v) is 10.1. The molecular weight excluding hydrogens is 488 g/mol. The van der Waals surface area contributed by atoms with Crippen molar-refractivity contribution in [1.82, 2.24) is 20.1 Å². The van der Waals surface area contributed by atoms with Crippen molar-refractivity contribution >= 4 is 34.7 Å². The van der Waals surface area contributed by atoms with Crippen LogP contribution in [0.2, 0.25) is 0 Å². The number of fused-ring (bicyclic) bond motifs is 3. The zero-order valence-corrected chi connectivity index (χ0v) is 21.5. The number of nitrogens with zero attached hydrogens (tertiary/aromatic N) is 4. The Morgan fingerprint density at radius 2 is 1.76 bits per heavy atom. The highest BCUT2D eigenvalue weighted by Gasteiger charge is 2.32. The van der Waals surface area contributed by atoms with Gasteiger partial charge in [-0.05, 0) is 44.0 Å². The minimum Gasteiger partial charge on any atom is -0.481 e. The number of thiophene rings is 1. The zero-order chi connectivity index (χ0) is 26.1. The van der Waals surface area contributed by atoms with Crippen LogP contribution in [0.1, 0.15) is 51.2 Å². The molecule has 0 saturated heterocycles. The smallest absolute Gasteiger partial charge is 0.319 e. The number of benzene rings is 2. The third-order valence-corrected chi connectivity index (χ3v) is 7.51. The van der Waals surface area contributed by atoms with Crippen molar-refractivity contribution in [3.63, 3.8) is 0 Å². The summed E-state index contributed by atoms with van der Waals surface area (Å²) in [4.78, 5) is 30.1. The molecule has 0 fully saturated rings. The molecule has 2 aromatic carbocycles. The lowest BCUT2D eigenvalue weighted by Gasteiger charge is -2.12. The van der Waals surface area contributed by atoms with E-state index in [2.05, 4.69) is 27.8 Å². The molecule has 1 aliphatic rings. The van der Waals surface area contributed by atoms with Gasteiger partial charge in [0.1, 0.15) is 16.9 Å². The molecule has 2 aromatic heterocycles. The molecule has 5 rings (SSSR count). The number of carbonyl (C=O) groups excluding carboxylic acids is 1. The van der Waals surface area contributed by atoms with Gasteiger partial charge in [-0.2, -0.15) is 0 Å². The van der Waals surface area contributed by atoms with Crippen LogP contribution in [0.3, 0.4) is 0 Å². The molecule has 37 heavy (non-hydrogen) atoms. The van der Waals surface area contributed by atoms with Crippen LogP contribution in [0.15, 0.2) is 59.6 Å². The van der Waals surface area contributed by atoms with Gasteiger partial charge >= 0.3 is 12.0 Å². The van der Waals surface area contributed by atoms with Crippen molar-refractivity contribution in [2.75, 3.05) is 5.32 Å². The fraction of sp³-hybridized carbons (Fsp3) is 0.222. The molecule has 188 valence electrons. The molecular formula is C27H26N6O3S. The summed E-state index contributed by atoms with van der Waals surface area (Å²) in [7, 11) is 0. The standard InChI is InChI=1S/C27H26N6O3S/c1-15-16(2)37-26-23(15)24(30-21(13-22(34)35)25-32-31-17(3)33(25)26)19-9-11-20(12-10-19)29-27(36)28-14-18-7-5-4-6-8-18/h4-12,21H,13-14H2,1-3H3,(H,34,35)(H2,28,29,36)/t21-/m0/s1. The maximum absolute atomic E-state index is 12.4. The average molecular weight is 515 g/mol. The monoisotopic (exact) mass is 514 g/mol. The number of hydrogen-bond donors (Lipinski definition) is 3. The lowest BCUT2D eigenvalue weighted by Crippen LogP contribution is -2.28. The van der Waals surface area contributed by atoms with E-state index in [-0.39, 0.29) is 12.5 Å². The number of aliphatic carboxylic acids is 1. The first-order chi connectivity index (χ1) is 17.8. The van der Waals surface area contributed by atoms with E-state index in [1.54, 1.807) is 11.3 Å². The highest BCUT2D eigenvalue weighted by Crippen LogP contribution is 2.39. The number of amides is 2. The number of urea groups is 1. The fourth-order valence-electron chi connectivity index (χ4n) is 4.36. The summed E-state index contributed by atoms with van der Waals surface area (Å²) in [6.45, 7) is 6.39. The summed E-state index contributed by atoms with van der Waals surface area (Å²) in [6.07, 6.45) is -0.199. The first-order valence-corrected chi connectivity index (χ1v) is 12.6. The highest BCUT2D eigenvalue weighted by atomic mass is 32.1. The molecule has 10 heteroatoms. The zero-order valence-electron chi connectivity index (χ0n) is 20.6. The number of anilines is 1. The van der Waals surface area contributed by atoms with Crippen molar-refractivity contribution in [2.24, 2.45) is 4.99 Å².